The van der Waals surface area contributed by atoms with Crippen molar-refractivity contribution in [2.75, 3.05) is 6.61 Å². The first-order chi connectivity index (χ1) is 19.0. The summed E-state index contributed by atoms with van der Waals surface area (Å²) in [5, 5.41) is 67.9. The molecule has 1 saturated heterocycles. The lowest BCUT2D eigenvalue weighted by molar-refractivity contribution is -0.697. The number of allylic oxidation sites excluding steroid dienone is 1. The molecule has 0 amide bonds. The van der Waals surface area contributed by atoms with E-state index in [-0.39, 0.29) is 30.5 Å². The van der Waals surface area contributed by atoms with Gasteiger partial charge in [0.15, 0.2) is 18.7 Å². The van der Waals surface area contributed by atoms with Gasteiger partial charge in [0, 0.05) is 17.9 Å². The average molecular weight is 567 g/mol. The average Bonchev–Trinajstić information content (AvgIpc) is 2.91. The van der Waals surface area contributed by atoms with Crippen molar-refractivity contribution in [3.63, 3.8) is 0 Å². The Kier molecular flexibility index (Phi) is 10.5. The Morgan fingerprint density at radius 3 is 2.35 bits per heavy atom. The molecule has 7 N–H and O–H groups in total. The van der Waals surface area contributed by atoms with E-state index in [9.17, 15) is 45.0 Å². The number of aryl methyl sites for hydroxylation is 1. The van der Waals surface area contributed by atoms with E-state index in [0.29, 0.717) is 5.56 Å². The highest BCUT2D eigenvalue weighted by atomic mass is 16.8. The maximum atomic E-state index is 12.0. The van der Waals surface area contributed by atoms with Gasteiger partial charge in [-0.25, -0.2) is 14.2 Å². The van der Waals surface area contributed by atoms with Crippen molar-refractivity contribution in [2.24, 2.45) is 11.8 Å². The van der Waals surface area contributed by atoms with E-state index in [1.54, 1.807) is 6.20 Å². The van der Waals surface area contributed by atoms with Gasteiger partial charge in [-0.2, -0.15) is 0 Å². The third kappa shape index (κ3) is 7.29. The summed E-state index contributed by atoms with van der Waals surface area (Å²) in [7, 11) is 0. The molecular formula is C26H32NO13+. The van der Waals surface area contributed by atoms with E-state index in [0.717, 1.165) is 6.26 Å². The van der Waals surface area contributed by atoms with Crippen molar-refractivity contribution < 1.29 is 68.9 Å². The number of rotatable bonds is 12. The molecule has 218 valence electrons. The Bertz CT molecular complexity index is 1160. The van der Waals surface area contributed by atoms with Crippen LogP contribution in [0.15, 0.2) is 49.0 Å². The molecule has 40 heavy (non-hydrogen) atoms. The van der Waals surface area contributed by atoms with Gasteiger partial charge in [-0.15, -0.1) is 6.58 Å². The van der Waals surface area contributed by atoms with Crippen LogP contribution in [0.3, 0.4) is 0 Å². The monoisotopic (exact) mass is 566 g/mol. The van der Waals surface area contributed by atoms with Crippen molar-refractivity contribution in [3.8, 4) is 0 Å². The molecule has 8 atom stereocenters. The SMILES string of the molecule is C=CC1C(OC2OC(CO)C(O)C(O)C2O)OC=C(C(=O)O)C1C=Cc1cc(C(=O)O)c[n+](CCCC(=O)O)c1. The number of carboxylic acid groups (broad SMARTS) is 3. The Morgan fingerprint density at radius 2 is 1.75 bits per heavy atom. The Labute approximate surface area is 228 Å². The van der Waals surface area contributed by atoms with Crippen LogP contribution in [0.5, 0.6) is 0 Å². The first-order valence-corrected chi connectivity index (χ1v) is 12.3. The lowest BCUT2D eigenvalue weighted by atomic mass is 9.83. The van der Waals surface area contributed by atoms with Crippen LogP contribution in [-0.2, 0) is 30.3 Å². The molecule has 0 bridgehead atoms. The largest absolute Gasteiger partial charge is 0.481 e. The molecule has 0 aromatic carbocycles. The fraction of sp³-hybridized carbons (Fsp3) is 0.462. The maximum absolute atomic E-state index is 12.0. The van der Waals surface area contributed by atoms with Crippen molar-refractivity contribution in [1.82, 2.24) is 0 Å². The fourth-order valence-electron chi connectivity index (χ4n) is 4.43. The summed E-state index contributed by atoms with van der Waals surface area (Å²) in [6.45, 7) is 3.28. The van der Waals surface area contributed by atoms with Crippen LogP contribution < -0.4 is 4.57 Å². The van der Waals surface area contributed by atoms with Gasteiger partial charge >= 0.3 is 17.9 Å². The van der Waals surface area contributed by atoms with Crippen molar-refractivity contribution in [1.29, 1.82) is 0 Å². The van der Waals surface area contributed by atoms with Crippen LogP contribution in [0.1, 0.15) is 28.8 Å². The molecule has 8 unspecified atom stereocenters. The van der Waals surface area contributed by atoms with E-state index in [4.69, 9.17) is 19.3 Å². The number of nitrogens with zero attached hydrogens (tertiary/aromatic N) is 1. The molecule has 0 aliphatic carbocycles. The molecule has 0 spiro atoms. The lowest BCUT2D eigenvalue weighted by Gasteiger charge is -2.42. The predicted molar refractivity (Wildman–Crippen MR) is 132 cm³/mol. The summed E-state index contributed by atoms with van der Waals surface area (Å²) >= 11 is 0. The number of hydrogen-bond acceptors (Lipinski definition) is 10. The number of aromatic carboxylic acids is 1. The second kappa shape index (κ2) is 13.6. The molecule has 1 aromatic heterocycles. The van der Waals surface area contributed by atoms with Crippen molar-refractivity contribution in [3.05, 3.63) is 60.2 Å². The van der Waals surface area contributed by atoms with Gasteiger partial charge < -0.3 is 50.0 Å². The van der Waals surface area contributed by atoms with Gasteiger partial charge in [0.1, 0.15) is 36.5 Å². The van der Waals surface area contributed by atoms with Gasteiger partial charge in [-0.05, 0) is 6.07 Å². The second-order valence-corrected chi connectivity index (χ2v) is 9.31. The van der Waals surface area contributed by atoms with Crippen LogP contribution in [0, 0.1) is 11.8 Å². The molecule has 14 heteroatoms. The Balaban J connectivity index is 1.88. The molecular weight excluding hydrogens is 534 g/mol. The lowest BCUT2D eigenvalue weighted by Crippen LogP contribution is -2.60. The summed E-state index contributed by atoms with van der Waals surface area (Å²) in [6, 6.07) is 1.36. The highest BCUT2D eigenvalue weighted by molar-refractivity contribution is 5.88. The Morgan fingerprint density at radius 1 is 1.02 bits per heavy atom. The zero-order valence-electron chi connectivity index (χ0n) is 21.2. The standard InChI is InChI=1S/C26H31NO13/c1-2-15-16(6-5-13-8-14(23(34)35)10-27(9-13)7-3-4-19(29)30)17(24(36)37)12-38-25(15)40-26-22(33)21(32)20(31)18(11-28)39-26/h2,5-6,8-10,12,15-16,18,20-22,25-26,28,31-33H,1,3-4,7,11H2,(H2-,29,30,34,35,36,37)/p+1. The summed E-state index contributed by atoms with van der Waals surface area (Å²) in [4.78, 5) is 34.4. The fourth-order valence-corrected chi connectivity index (χ4v) is 4.43. The zero-order chi connectivity index (χ0) is 29.6. The minimum Gasteiger partial charge on any atom is -0.481 e. The molecule has 0 radical (unpaired) electrons. The molecule has 3 heterocycles. The van der Waals surface area contributed by atoms with Gasteiger partial charge in [-0.3, -0.25) is 4.79 Å². The van der Waals surface area contributed by atoms with Crippen molar-refractivity contribution in [2.45, 2.75) is 56.4 Å². The highest BCUT2D eigenvalue weighted by Crippen LogP contribution is 2.36. The topological polar surface area (TPSA) is 224 Å². The first-order valence-electron chi connectivity index (χ1n) is 12.3. The highest BCUT2D eigenvalue weighted by Gasteiger charge is 2.47. The molecule has 14 nitrogen and oxygen atoms in total. The third-order valence-corrected chi connectivity index (χ3v) is 6.54. The number of aliphatic hydroxyl groups is 4. The molecule has 1 aromatic rings. The number of aliphatic hydroxyl groups excluding tert-OH is 4. The maximum Gasteiger partial charge on any atom is 0.341 e. The quantitative estimate of drug-likeness (QED) is 0.121. The minimum atomic E-state index is -1.72. The molecule has 2 aliphatic heterocycles. The van der Waals surface area contributed by atoms with Crippen LogP contribution in [-0.4, -0.2) is 97.3 Å². The number of carboxylic acids is 3. The second-order valence-electron chi connectivity index (χ2n) is 9.31. The first kappa shape index (κ1) is 30.9. The van der Waals surface area contributed by atoms with Crippen molar-refractivity contribution >= 4 is 24.0 Å². The number of ether oxygens (including phenoxy) is 3. The molecule has 1 fully saturated rings. The smallest absolute Gasteiger partial charge is 0.341 e. The van der Waals surface area contributed by atoms with Crippen LogP contribution >= 0.6 is 0 Å². The van der Waals surface area contributed by atoms with Crippen LogP contribution in [0.4, 0.5) is 0 Å². The van der Waals surface area contributed by atoms with Gasteiger partial charge in [0.05, 0.1) is 30.8 Å². The summed E-state index contributed by atoms with van der Waals surface area (Å²) < 4.78 is 18.0. The minimum absolute atomic E-state index is 0.0671. The number of hydrogen-bond donors (Lipinski definition) is 7. The molecule has 0 saturated carbocycles. The number of aromatic nitrogens is 1. The predicted octanol–water partition coefficient (Wildman–Crippen LogP) is -0.890. The van der Waals surface area contributed by atoms with Crippen LogP contribution in [0.25, 0.3) is 6.08 Å². The van der Waals surface area contributed by atoms with E-state index >= 15 is 0 Å². The van der Waals surface area contributed by atoms with Gasteiger partial charge in [0.25, 0.3) is 0 Å². The van der Waals surface area contributed by atoms with E-state index in [2.05, 4.69) is 6.58 Å². The summed E-state index contributed by atoms with van der Waals surface area (Å²) in [5.41, 5.74) is 0.141. The summed E-state index contributed by atoms with van der Waals surface area (Å²) in [5.74, 6) is -5.32. The Hall–Kier alpha value is -3.66. The van der Waals surface area contributed by atoms with E-state index in [1.807, 2.05) is 0 Å². The van der Waals surface area contributed by atoms with E-state index in [1.165, 1.54) is 35.1 Å². The molecule has 3 rings (SSSR count). The third-order valence-electron chi connectivity index (χ3n) is 6.54. The summed E-state index contributed by atoms with van der Waals surface area (Å²) in [6.07, 6.45) is -0.715. The number of aliphatic carboxylic acids is 2. The number of pyridine rings is 1. The number of carbonyl (C=O) groups is 3. The van der Waals surface area contributed by atoms with E-state index < -0.39 is 73.3 Å². The zero-order valence-corrected chi connectivity index (χ0v) is 21.2. The molecule has 2 aliphatic rings. The van der Waals surface area contributed by atoms with Crippen LogP contribution in [0.2, 0.25) is 0 Å². The van der Waals surface area contributed by atoms with Gasteiger partial charge in [-0.1, -0.05) is 18.2 Å². The normalized spacial score (nSPS) is 30.4. The van der Waals surface area contributed by atoms with Gasteiger partial charge in [0.2, 0.25) is 6.29 Å².